The van der Waals surface area contributed by atoms with Crippen LogP contribution in [0.2, 0.25) is 0 Å². The van der Waals surface area contributed by atoms with Gasteiger partial charge in [0.25, 0.3) is 0 Å². The topological polar surface area (TPSA) is 61.4 Å². The highest BCUT2D eigenvalue weighted by Crippen LogP contribution is 2.19. The molecule has 0 spiro atoms. The predicted octanol–water partition coefficient (Wildman–Crippen LogP) is 2.96. The van der Waals surface area contributed by atoms with Crippen LogP contribution in [0.1, 0.15) is 11.7 Å². The zero-order valence-electron chi connectivity index (χ0n) is 11.3. The van der Waals surface area contributed by atoms with E-state index in [0.29, 0.717) is 11.6 Å². The number of urea groups is 1. The fourth-order valence-corrected chi connectivity index (χ4v) is 1.77. The Kier molecular flexibility index (Phi) is 5.00. The van der Waals surface area contributed by atoms with Gasteiger partial charge in [-0.3, -0.25) is 0 Å². The third-order valence-electron chi connectivity index (χ3n) is 2.92. The molecule has 22 heavy (non-hydrogen) atoms. The number of hydrogen-bond donors (Lipinski definition) is 3. The number of hydrogen-bond acceptors (Lipinski definition) is 2. The maximum absolute atomic E-state index is 13.4. The molecular weight excluding hydrogens is 297 g/mol. The van der Waals surface area contributed by atoms with Gasteiger partial charge in [0.2, 0.25) is 0 Å². The van der Waals surface area contributed by atoms with Crippen LogP contribution in [-0.4, -0.2) is 17.7 Å². The molecule has 0 aliphatic carbocycles. The summed E-state index contributed by atoms with van der Waals surface area (Å²) in [6, 6.07) is 9.36. The second kappa shape index (κ2) is 6.95. The Morgan fingerprint density at radius 3 is 2.41 bits per heavy atom. The van der Waals surface area contributed by atoms with Gasteiger partial charge in [-0.15, -0.1) is 0 Å². The normalized spacial score (nSPS) is 11.8. The summed E-state index contributed by atoms with van der Waals surface area (Å²) in [5.74, 6) is -4.50. The molecule has 0 fully saturated rings. The van der Waals surface area contributed by atoms with E-state index >= 15 is 0 Å². The van der Waals surface area contributed by atoms with E-state index in [9.17, 15) is 23.1 Å². The number of carbonyl (C=O) groups excluding carboxylic acids is 1. The fourth-order valence-electron chi connectivity index (χ4n) is 1.77. The predicted molar refractivity (Wildman–Crippen MR) is 74.7 cm³/mol. The van der Waals surface area contributed by atoms with Gasteiger partial charge in [-0.2, -0.15) is 0 Å². The van der Waals surface area contributed by atoms with Crippen molar-refractivity contribution in [3.63, 3.8) is 0 Å². The van der Waals surface area contributed by atoms with E-state index in [-0.39, 0.29) is 6.54 Å². The lowest BCUT2D eigenvalue weighted by Gasteiger charge is -2.13. The molecule has 2 aromatic rings. The molecule has 2 aromatic carbocycles. The molecule has 4 nitrogen and oxygen atoms in total. The number of aliphatic hydroxyl groups is 1. The van der Waals surface area contributed by atoms with Gasteiger partial charge in [-0.1, -0.05) is 30.3 Å². The lowest BCUT2D eigenvalue weighted by atomic mass is 10.1. The smallest absolute Gasteiger partial charge is 0.319 e. The van der Waals surface area contributed by atoms with Crippen molar-refractivity contribution in [2.24, 2.45) is 0 Å². The molecule has 116 valence electrons. The highest BCUT2D eigenvalue weighted by atomic mass is 19.2. The standard InChI is InChI=1S/C15H13F3N2O2/c16-10-6-7-11(14(18)13(10)17)20-15(22)19-8-12(21)9-4-2-1-3-5-9/h1-7,12,21H,8H2,(H2,19,20,22)/t12-/m0/s1. The third-order valence-corrected chi connectivity index (χ3v) is 2.92. The lowest BCUT2D eigenvalue weighted by molar-refractivity contribution is 0.175. The fraction of sp³-hybridized carbons (Fsp3) is 0.133. The molecule has 0 saturated heterocycles. The van der Waals surface area contributed by atoms with Gasteiger partial charge in [0.1, 0.15) is 0 Å². The van der Waals surface area contributed by atoms with Gasteiger partial charge in [0, 0.05) is 6.54 Å². The van der Waals surface area contributed by atoms with E-state index in [0.717, 1.165) is 6.07 Å². The highest BCUT2D eigenvalue weighted by molar-refractivity contribution is 5.89. The molecule has 0 radical (unpaired) electrons. The molecule has 2 rings (SSSR count). The van der Waals surface area contributed by atoms with Crippen LogP contribution < -0.4 is 10.6 Å². The molecule has 0 aromatic heterocycles. The zero-order valence-corrected chi connectivity index (χ0v) is 11.3. The Labute approximate surface area is 124 Å². The van der Waals surface area contributed by atoms with Crippen molar-refractivity contribution >= 4 is 11.7 Å². The van der Waals surface area contributed by atoms with Crippen molar-refractivity contribution in [1.29, 1.82) is 0 Å². The molecule has 0 aliphatic heterocycles. The lowest BCUT2D eigenvalue weighted by Crippen LogP contribution is -2.32. The summed E-state index contributed by atoms with van der Waals surface area (Å²) in [6.07, 6.45) is -0.943. The van der Waals surface area contributed by atoms with Gasteiger partial charge in [-0.05, 0) is 17.7 Å². The van der Waals surface area contributed by atoms with E-state index in [1.165, 1.54) is 0 Å². The van der Waals surface area contributed by atoms with Crippen LogP contribution in [0.5, 0.6) is 0 Å². The first-order chi connectivity index (χ1) is 10.5. The monoisotopic (exact) mass is 310 g/mol. The van der Waals surface area contributed by atoms with Gasteiger partial charge in [0.05, 0.1) is 11.8 Å². The molecule has 0 unspecified atom stereocenters. The number of amides is 2. The van der Waals surface area contributed by atoms with E-state index < -0.39 is 35.3 Å². The minimum Gasteiger partial charge on any atom is -0.387 e. The molecule has 0 heterocycles. The number of aliphatic hydroxyl groups excluding tert-OH is 1. The maximum atomic E-state index is 13.4. The van der Waals surface area contributed by atoms with E-state index in [1.54, 1.807) is 30.3 Å². The van der Waals surface area contributed by atoms with Crippen LogP contribution in [0.25, 0.3) is 0 Å². The summed E-state index contributed by atoms with van der Waals surface area (Å²) >= 11 is 0. The largest absolute Gasteiger partial charge is 0.387 e. The summed E-state index contributed by atoms with van der Waals surface area (Å²) in [5, 5.41) is 14.2. The van der Waals surface area contributed by atoms with Gasteiger partial charge >= 0.3 is 6.03 Å². The summed E-state index contributed by atoms with van der Waals surface area (Å²) in [4.78, 5) is 11.6. The SMILES string of the molecule is O=C(NC[C@H](O)c1ccccc1)Nc1ccc(F)c(F)c1F. The number of nitrogens with one attached hydrogen (secondary N) is 2. The number of benzene rings is 2. The first-order valence-corrected chi connectivity index (χ1v) is 6.40. The van der Waals surface area contributed by atoms with Gasteiger partial charge in [0.15, 0.2) is 17.5 Å². The van der Waals surface area contributed by atoms with Gasteiger partial charge in [-0.25, -0.2) is 18.0 Å². The molecule has 7 heteroatoms. The molecule has 0 aliphatic rings. The Hall–Kier alpha value is -2.54. The number of carbonyl (C=O) groups is 1. The number of anilines is 1. The first kappa shape index (κ1) is 15.8. The molecular formula is C15H13F3N2O2. The number of halogens is 3. The average molecular weight is 310 g/mol. The minimum atomic E-state index is -1.66. The minimum absolute atomic E-state index is 0.124. The zero-order chi connectivity index (χ0) is 16.1. The van der Waals surface area contributed by atoms with Crippen LogP contribution >= 0.6 is 0 Å². The molecule has 0 saturated carbocycles. The van der Waals surface area contributed by atoms with E-state index in [2.05, 4.69) is 5.32 Å². The first-order valence-electron chi connectivity index (χ1n) is 6.40. The van der Waals surface area contributed by atoms with Crippen molar-refractivity contribution in [3.05, 3.63) is 65.5 Å². The van der Waals surface area contributed by atoms with Crippen molar-refractivity contribution < 1.29 is 23.1 Å². The van der Waals surface area contributed by atoms with Crippen molar-refractivity contribution in [1.82, 2.24) is 5.32 Å². The highest BCUT2D eigenvalue weighted by Gasteiger charge is 2.15. The summed E-state index contributed by atoms with van der Waals surface area (Å²) in [5.41, 5.74) is 0.104. The van der Waals surface area contributed by atoms with Crippen LogP contribution in [-0.2, 0) is 0 Å². The quantitative estimate of drug-likeness (QED) is 0.760. The second-order valence-corrected chi connectivity index (χ2v) is 4.48. The van der Waals surface area contributed by atoms with Crippen LogP contribution in [0.3, 0.4) is 0 Å². The second-order valence-electron chi connectivity index (χ2n) is 4.48. The van der Waals surface area contributed by atoms with Crippen LogP contribution in [0.15, 0.2) is 42.5 Å². The Morgan fingerprint density at radius 1 is 1.05 bits per heavy atom. The molecule has 2 amide bonds. The van der Waals surface area contributed by atoms with Crippen molar-refractivity contribution in [2.45, 2.75) is 6.10 Å². The summed E-state index contributed by atoms with van der Waals surface area (Å²) in [6.45, 7) is -0.124. The van der Waals surface area contributed by atoms with E-state index in [4.69, 9.17) is 0 Å². The third kappa shape index (κ3) is 3.76. The molecule has 0 bridgehead atoms. The maximum Gasteiger partial charge on any atom is 0.319 e. The summed E-state index contributed by atoms with van der Waals surface area (Å²) in [7, 11) is 0. The van der Waals surface area contributed by atoms with Crippen molar-refractivity contribution in [3.8, 4) is 0 Å². The van der Waals surface area contributed by atoms with E-state index in [1.807, 2.05) is 5.32 Å². The Morgan fingerprint density at radius 2 is 1.73 bits per heavy atom. The molecule has 1 atom stereocenters. The van der Waals surface area contributed by atoms with Gasteiger partial charge < -0.3 is 15.7 Å². The Balaban J connectivity index is 1.92. The van der Waals surface area contributed by atoms with Crippen LogP contribution in [0, 0.1) is 17.5 Å². The Bertz CT molecular complexity index is 665. The molecule has 3 N–H and O–H groups in total. The number of rotatable bonds is 4. The summed E-state index contributed by atoms with van der Waals surface area (Å²) < 4.78 is 39.2. The average Bonchev–Trinajstić information content (AvgIpc) is 2.54. The van der Waals surface area contributed by atoms with Crippen molar-refractivity contribution in [2.75, 3.05) is 11.9 Å². The van der Waals surface area contributed by atoms with Crippen LogP contribution in [0.4, 0.5) is 23.7 Å².